The Bertz CT molecular complexity index is 125. The molecule has 0 aromatic heterocycles. The Kier molecular flexibility index (Phi) is 5.56. The highest BCUT2D eigenvalue weighted by Crippen LogP contribution is 1.80. The van der Waals surface area contributed by atoms with E-state index in [9.17, 15) is 0 Å². The Morgan fingerprint density at radius 1 is 1.73 bits per heavy atom. The molecule has 0 aliphatic heterocycles. The molecule has 1 unspecified atom stereocenters. The van der Waals surface area contributed by atoms with Crippen LogP contribution in [0.3, 0.4) is 0 Å². The Labute approximate surface area is 67.8 Å². The van der Waals surface area contributed by atoms with Gasteiger partial charge in [-0.15, -0.1) is 0 Å². The lowest BCUT2D eigenvalue weighted by Gasteiger charge is -2.12. The number of hydrogen-bond donors (Lipinski definition) is 2. The molecule has 66 valence electrons. The lowest BCUT2D eigenvalue weighted by molar-refractivity contribution is 0.179. The van der Waals surface area contributed by atoms with E-state index in [0.717, 1.165) is 0 Å². The maximum Gasteiger partial charge on any atom is 0.188 e. The molecule has 4 nitrogen and oxygen atoms in total. The monoisotopic (exact) mass is 159 g/mol. The summed E-state index contributed by atoms with van der Waals surface area (Å²) in [7, 11) is 1.66. The first kappa shape index (κ1) is 10.2. The minimum atomic E-state index is 0.218. The first-order chi connectivity index (χ1) is 5.20. The molecule has 0 aliphatic rings. The smallest absolute Gasteiger partial charge is 0.188 e. The van der Waals surface area contributed by atoms with Crippen LogP contribution < -0.4 is 11.1 Å². The van der Waals surface area contributed by atoms with E-state index in [2.05, 4.69) is 10.3 Å². The molecular weight excluding hydrogens is 142 g/mol. The van der Waals surface area contributed by atoms with Crippen LogP contribution in [0.5, 0.6) is 0 Å². The molecule has 0 aromatic carbocycles. The van der Waals surface area contributed by atoms with Crippen molar-refractivity contribution < 1.29 is 4.74 Å². The van der Waals surface area contributed by atoms with Crippen LogP contribution in [0.25, 0.3) is 0 Å². The van der Waals surface area contributed by atoms with Crippen molar-refractivity contribution in [3.05, 3.63) is 0 Å². The molecule has 0 saturated heterocycles. The van der Waals surface area contributed by atoms with Gasteiger partial charge in [-0.3, -0.25) is 4.99 Å². The summed E-state index contributed by atoms with van der Waals surface area (Å²) in [4.78, 5) is 3.97. The molecule has 0 spiro atoms. The van der Waals surface area contributed by atoms with Gasteiger partial charge in [0.1, 0.15) is 0 Å². The molecule has 0 aliphatic carbocycles. The Morgan fingerprint density at radius 2 is 2.36 bits per heavy atom. The molecular formula is C7H17N3O. The van der Waals surface area contributed by atoms with Gasteiger partial charge < -0.3 is 15.8 Å². The third kappa shape index (κ3) is 5.66. The third-order valence-electron chi connectivity index (χ3n) is 1.14. The molecule has 3 N–H and O–H groups in total. The number of nitrogens with zero attached hydrogens (tertiary/aromatic N) is 1. The summed E-state index contributed by atoms with van der Waals surface area (Å²) in [6.45, 7) is 5.27. The molecule has 0 saturated carbocycles. The fourth-order valence-electron chi connectivity index (χ4n) is 0.760. The standard InChI is InChI=1S/C7H17N3O/c1-4-9-7(8)10-6(2)5-11-3/h6H,4-5H2,1-3H3,(H3,8,9,10). The molecule has 1 atom stereocenters. The van der Waals surface area contributed by atoms with Crippen molar-refractivity contribution in [3.63, 3.8) is 0 Å². The third-order valence-corrected chi connectivity index (χ3v) is 1.14. The average molecular weight is 159 g/mol. The fraction of sp³-hybridized carbons (Fsp3) is 0.857. The van der Waals surface area contributed by atoms with Crippen LogP contribution in [-0.4, -0.2) is 32.3 Å². The van der Waals surface area contributed by atoms with E-state index >= 15 is 0 Å². The maximum atomic E-state index is 5.50. The van der Waals surface area contributed by atoms with Crippen molar-refractivity contribution in [1.82, 2.24) is 5.32 Å². The highest BCUT2D eigenvalue weighted by Gasteiger charge is 1.99. The zero-order valence-corrected chi connectivity index (χ0v) is 7.42. The number of ether oxygens (including phenoxy) is 1. The second kappa shape index (κ2) is 5.97. The summed E-state index contributed by atoms with van der Waals surface area (Å²) in [6, 6.07) is 0.218. The van der Waals surface area contributed by atoms with E-state index in [1.54, 1.807) is 7.11 Å². The van der Waals surface area contributed by atoms with Crippen molar-refractivity contribution >= 4 is 5.96 Å². The molecule has 11 heavy (non-hydrogen) atoms. The van der Waals surface area contributed by atoms with Gasteiger partial charge >= 0.3 is 0 Å². The van der Waals surface area contributed by atoms with Crippen LogP contribution in [0.4, 0.5) is 0 Å². The SMILES string of the molecule is CCN=C(N)NC(C)COC. The molecule has 0 aromatic rings. The summed E-state index contributed by atoms with van der Waals surface area (Å²) < 4.78 is 4.91. The van der Waals surface area contributed by atoms with Crippen molar-refractivity contribution in [3.8, 4) is 0 Å². The Morgan fingerprint density at radius 3 is 2.82 bits per heavy atom. The highest BCUT2D eigenvalue weighted by molar-refractivity contribution is 5.78. The quantitative estimate of drug-likeness (QED) is 0.446. The van der Waals surface area contributed by atoms with Gasteiger partial charge in [0.15, 0.2) is 5.96 Å². The maximum absolute atomic E-state index is 5.50. The number of nitrogens with one attached hydrogen (secondary N) is 1. The number of nitrogens with two attached hydrogens (primary N) is 1. The molecule has 0 radical (unpaired) electrons. The zero-order chi connectivity index (χ0) is 8.69. The van der Waals surface area contributed by atoms with Crippen molar-refractivity contribution in [2.45, 2.75) is 19.9 Å². The number of methoxy groups -OCH3 is 1. The van der Waals surface area contributed by atoms with Gasteiger partial charge in [-0.25, -0.2) is 0 Å². The molecule has 0 rings (SSSR count). The van der Waals surface area contributed by atoms with E-state index in [4.69, 9.17) is 10.5 Å². The van der Waals surface area contributed by atoms with Crippen LogP contribution in [0.2, 0.25) is 0 Å². The summed E-state index contributed by atoms with van der Waals surface area (Å²) in [6.07, 6.45) is 0. The van der Waals surface area contributed by atoms with Crippen molar-refractivity contribution in [2.75, 3.05) is 20.3 Å². The summed E-state index contributed by atoms with van der Waals surface area (Å²) in [5.41, 5.74) is 5.50. The molecule has 0 amide bonds. The first-order valence-electron chi connectivity index (χ1n) is 3.76. The van der Waals surface area contributed by atoms with E-state index in [-0.39, 0.29) is 6.04 Å². The van der Waals surface area contributed by atoms with E-state index in [1.165, 1.54) is 0 Å². The van der Waals surface area contributed by atoms with Crippen LogP contribution in [0.1, 0.15) is 13.8 Å². The minimum Gasteiger partial charge on any atom is -0.383 e. The predicted molar refractivity (Wildman–Crippen MR) is 46.6 cm³/mol. The van der Waals surface area contributed by atoms with E-state index in [0.29, 0.717) is 19.1 Å². The summed E-state index contributed by atoms with van der Waals surface area (Å²) >= 11 is 0. The largest absolute Gasteiger partial charge is 0.383 e. The number of guanidine groups is 1. The normalized spacial score (nSPS) is 14.6. The van der Waals surface area contributed by atoms with Crippen LogP contribution in [-0.2, 0) is 4.74 Å². The number of aliphatic imine (C=N–C) groups is 1. The Hall–Kier alpha value is -0.770. The Balaban J connectivity index is 3.56. The molecule has 0 bridgehead atoms. The van der Waals surface area contributed by atoms with Crippen LogP contribution in [0, 0.1) is 0 Å². The van der Waals surface area contributed by atoms with E-state index in [1.807, 2.05) is 13.8 Å². The molecule has 4 heteroatoms. The lowest BCUT2D eigenvalue weighted by Crippen LogP contribution is -2.40. The number of rotatable bonds is 4. The van der Waals surface area contributed by atoms with Crippen molar-refractivity contribution in [1.29, 1.82) is 0 Å². The van der Waals surface area contributed by atoms with Gasteiger partial charge in [-0.05, 0) is 13.8 Å². The summed E-state index contributed by atoms with van der Waals surface area (Å²) in [5, 5.41) is 2.98. The number of hydrogen-bond acceptors (Lipinski definition) is 2. The summed E-state index contributed by atoms with van der Waals surface area (Å²) in [5.74, 6) is 0.483. The lowest BCUT2D eigenvalue weighted by atomic mass is 10.4. The van der Waals surface area contributed by atoms with Crippen LogP contribution in [0.15, 0.2) is 4.99 Å². The fourth-order valence-corrected chi connectivity index (χ4v) is 0.760. The topological polar surface area (TPSA) is 59.6 Å². The second-order valence-electron chi connectivity index (χ2n) is 2.36. The predicted octanol–water partition coefficient (Wildman–Crippen LogP) is -0.0545. The van der Waals surface area contributed by atoms with Crippen molar-refractivity contribution in [2.24, 2.45) is 10.7 Å². The van der Waals surface area contributed by atoms with Gasteiger partial charge in [-0.2, -0.15) is 0 Å². The van der Waals surface area contributed by atoms with Crippen LogP contribution >= 0.6 is 0 Å². The molecule has 0 heterocycles. The zero-order valence-electron chi connectivity index (χ0n) is 7.42. The first-order valence-corrected chi connectivity index (χ1v) is 3.76. The van der Waals surface area contributed by atoms with Gasteiger partial charge in [0.05, 0.1) is 6.61 Å². The highest BCUT2D eigenvalue weighted by atomic mass is 16.5. The second-order valence-corrected chi connectivity index (χ2v) is 2.36. The van der Waals surface area contributed by atoms with Gasteiger partial charge in [0.2, 0.25) is 0 Å². The van der Waals surface area contributed by atoms with Gasteiger partial charge in [0, 0.05) is 19.7 Å². The molecule has 0 fully saturated rings. The van der Waals surface area contributed by atoms with Gasteiger partial charge in [-0.1, -0.05) is 0 Å². The van der Waals surface area contributed by atoms with E-state index < -0.39 is 0 Å². The minimum absolute atomic E-state index is 0.218. The average Bonchev–Trinajstić information content (AvgIpc) is 1.87. The van der Waals surface area contributed by atoms with Gasteiger partial charge in [0.25, 0.3) is 0 Å².